The van der Waals surface area contributed by atoms with Crippen LogP contribution in [0.15, 0.2) is 42.7 Å². The Bertz CT molecular complexity index is 557. The summed E-state index contributed by atoms with van der Waals surface area (Å²) < 4.78 is 1.76. The van der Waals surface area contributed by atoms with Gasteiger partial charge in [-0.05, 0) is 42.3 Å². The van der Waals surface area contributed by atoms with E-state index in [1.165, 1.54) is 0 Å². The number of aromatic nitrogens is 2. The van der Waals surface area contributed by atoms with Crippen molar-refractivity contribution in [1.82, 2.24) is 9.78 Å². The van der Waals surface area contributed by atoms with Crippen molar-refractivity contribution in [3.63, 3.8) is 0 Å². The van der Waals surface area contributed by atoms with Crippen molar-refractivity contribution in [2.75, 3.05) is 0 Å². The number of aryl methyl sites for hydroxylation is 1. The molecule has 0 unspecified atom stereocenters. The molecule has 0 amide bonds. The second-order valence-electron chi connectivity index (χ2n) is 3.66. The van der Waals surface area contributed by atoms with E-state index in [0.29, 0.717) is 0 Å². The van der Waals surface area contributed by atoms with Crippen LogP contribution in [-0.4, -0.2) is 20.9 Å². The van der Waals surface area contributed by atoms with Gasteiger partial charge in [-0.3, -0.25) is 0 Å². The molecular formula is C13H12N2O2. The molecule has 0 aliphatic heterocycles. The second-order valence-corrected chi connectivity index (χ2v) is 3.66. The van der Waals surface area contributed by atoms with E-state index >= 15 is 0 Å². The third-order valence-electron chi connectivity index (χ3n) is 2.43. The van der Waals surface area contributed by atoms with Crippen LogP contribution in [0.3, 0.4) is 0 Å². The van der Waals surface area contributed by atoms with Crippen molar-refractivity contribution in [2.24, 2.45) is 0 Å². The SMILES string of the molecule is Cc1cc(-n2cccn2)ccc1C=CC(=O)O. The van der Waals surface area contributed by atoms with E-state index in [2.05, 4.69) is 5.10 Å². The normalized spacial score (nSPS) is 10.9. The molecule has 0 radical (unpaired) electrons. The van der Waals surface area contributed by atoms with Gasteiger partial charge in [0.1, 0.15) is 0 Å². The van der Waals surface area contributed by atoms with Crippen LogP contribution in [0.5, 0.6) is 0 Å². The molecule has 0 spiro atoms. The summed E-state index contributed by atoms with van der Waals surface area (Å²) in [5.74, 6) is -0.944. The molecule has 2 rings (SSSR count). The molecule has 0 atom stereocenters. The molecule has 1 aromatic carbocycles. The number of hydrogen-bond donors (Lipinski definition) is 1. The van der Waals surface area contributed by atoms with E-state index in [4.69, 9.17) is 5.11 Å². The quantitative estimate of drug-likeness (QED) is 0.820. The lowest BCUT2D eigenvalue weighted by molar-refractivity contribution is -0.131. The predicted octanol–water partition coefficient (Wildman–Crippen LogP) is 2.28. The van der Waals surface area contributed by atoms with Gasteiger partial charge in [-0.1, -0.05) is 6.07 Å². The van der Waals surface area contributed by atoms with Crippen molar-refractivity contribution >= 4 is 12.0 Å². The average Bonchev–Trinajstić information content (AvgIpc) is 2.80. The second kappa shape index (κ2) is 4.65. The number of carboxylic acids is 1. The summed E-state index contributed by atoms with van der Waals surface area (Å²) >= 11 is 0. The van der Waals surface area contributed by atoms with Gasteiger partial charge < -0.3 is 5.11 Å². The fourth-order valence-corrected chi connectivity index (χ4v) is 1.57. The Kier molecular flexibility index (Phi) is 3.05. The monoisotopic (exact) mass is 228 g/mol. The third-order valence-corrected chi connectivity index (χ3v) is 2.43. The number of nitrogens with zero attached hydrogens (tertiary/aromatic N) is 2. The van der Waals surface area contributed by atoms with E-state index in [0.717, 1.165) is 22.9 Å². The van der Waals surface area contributed by atoms with Crippen LogP contribution in [0.2, 0.25) is 0 Å². The summed E-state index contributed by atoms with van der Waals surface area (Å²) in [6.45, 7) is 1.94. The zero-order valence-corrected chi connectivity index (χ0v) is 9.37. The summed E-state index contributed by atoms with van der Waals surface area (Å²) in [6, 6.07) is 7.61. The van der Waals surface area contributed by atoms with Crippen LogP contribution in [0, 0.1) is 6.92 Å². The van der Waals surface area contributed by atoms with E-state index in [1.54, 1.807) is 17.0 Å². The lowest BCUT2D eigenvalue weighted by atomic mass is 10.1. The van der Waals surface area contributed by atoms with Crippen LogP contribution in [-0.2, 0) is 4.79 Å². The Hall–Kier alpha value is -2.36. The van der Waals surface area contributed by atoms with E-state index in [1.807, 2.05) is 37.4 Å². The fraction of sp³-hybridized carbons (Fsp3) is 0.0769. The third kappa shape index (κ3) is 2.60. The minimum atomic E-state index is -0.944. The highest BCUT2D eigenvalue weighted by atomic mass is 16.4. The first kappa shape index (κ1) is 11.1. The number of carbonyl (C=O) groups is 1. The molecule has 0 bridgehead atoms. The molecule has 1 N–H and O–H groups in total. The van der Waals surface area contributed by atoms with Crippen molar-refractivity contribution in [3.8, 4) is 5.69 Å². The molecule has 0 saturated carbocycles. The maximum Gasteiger partial charge on any atom is 0.328 e. The van der Waals surface area contributed by atoms with Gasteiger partial charge in [-0.2, -0.15) is 5.10 Å². The summed E-state index contributed by atoms with van der Waals surface area (Å²) in [6.07, 6.45) is 6.30. The van der Waals surface area contributed by atoms with Crippen LogP contribution < -0.4 is 0 Å². The molecule has 2 aromatic rings. The Morgan fingerprint density at radius 2 is 2.29 bits per heavy atom. The first-order valence-electron chi connectivity index (χ1n) is 5.18. The molecule has 86 valence electrons. The summed E-state index contributed by atoms with van der Waals surface area (Å²) in [4.78, 5) is 10.4. The van der Waals surface area contributed by atoms with Gasteiger partial charge in [-0.25, -0.2) is 9.48 Å². The van der Waals surface area contributed by atoms with Gasteiger partial charge >= 0.3 is 5.97 Å². The zero-order chi connectivity index (χ0) is 12.3. The minimum absolute atomic E-state index is 0.892. The van der Waals surface area contributed by atoms with Crippen LogP contribution >= 0.6 is 0 Å². The topological polar surface area (TPSA) is 55.1 Å². The highest BCUT2D eigenvalue weighted by Gasteiger charge is 2.00. The first-order chi connectivity index (χ1) is 8.16. The van der Waals surface area contributed by atoms with Gasteiger partial charge in [0.25, 0.3) is 0 Å². The molecule has 0 fully saturated rings. The van der Waals surface area contributed by atoms with Crippen LogP contribution in [0.4, 0.5) is 0 Å². The minimum Gasteiger partial charge on any atom is -0.478 e. The summed E-state index contributed by atoms with van der Waals surface area (Å²) in [5.41, 5.74) is 2.86. The van der Waals surface area contributed by atoms with Crippen molar-refractivity contribution < 1.29 is 9.90 Å². The van der Waals surface area contributed by atoms with Gasteiger partial charge in [-0.15, -0.1) is 0 Å². The van der Waals surface area contributed by atoms with E-state index in [9.17, 15) is 4.79 Å². The van der Waals surface area contributed by atoms with Crippen molar-refractivity contribution in [1.29, 1.82) is 0 Å². The van der Waals surface area contributed by atoms with Crippen LogP contribution in [0.1, 0.15) is 11.1 Å². The predicted molar refractivity (Wildman–Crippen MR) is 65.0 cm³/mol. The number of aliphatic carboxylic acids is 1. The maximum atomic E-state index is 10.4. The van der Waals surface area contributed by atoms with Crippen molar-refractivity contribution in [2.45, 2.75) is 6.92 Å². The van der Waals surface area contributed by atoms with E-state index < -0.39 is 5.97 Å². The van der Waals surface area contributed by atoms with Gasteiger partial charge in [0.15, 0.2) is 0 Å². The number of rotatable bonds is 3. The Balaban J connectivity index is 2.32. The molecule has 0 saturated heterocycles. The Morgan fingerprint density at radius 1 is 1.47 bits per heavy atom. The molecule has 1 heterocycles. The average molecular weight is 228 g/mol. The van der Waals surface area contributed by atoms with Crippen molar-refractivity contribution in [3.05, 3.63) is 53.9 Å². The molecular weight excluding hydrogens is 216 g/mol. The van der Waals surface area contributed by atoms with E-state index in [-0.39, 0.29) is 0 Å². The smallest absolute Gasteiger partial charge is 0.328 e. The summed E-state index contributed by atoms with van der Waals surface area (Å²) in [5, 5.41) is 12.7. The number of carboxylic acid groups (broad SMARTS) is 1. The summed E-state index contributed by atoms with van der Waals surface area (Å²) in [7, 11) is 0. The highest BCUT2D eigenvalue weighted by Crippen LogP contribution is 2.15. The van der Waals surface area contributed by atoms with Gasteiger partial charge in [0.05, 0.1) is 5.69 Å². The lowest BCUT2D eigenvalue weighted by Crippen LogP contribution is -1.95. The molecule has 4 heteroatoms. The molecule has 0 aliphatic rings. The van der Waals surface area contributed by atoms with Crippen LogP contribution in [0.25, 0.3) is 11.8 Å². The molecule has 4 nitrogen and oxygen atoms in total. The Morgan fingerprint density at radius 3 is 2.88 bits per heavy atom. The number of hydrogen-bond acceptors (Lipinski definition) is 2. The maximum absolute atomic E-state index is 10.4. The zero-order valence-electron chi connectivity index (χ0n) is 9.37. The van der Waals surface area contributed by atoms with Gasteiger partial charge in [0.2, 0.25) is 0 Å². The van der Waals surface area contributed by atoms with Gasteiger partial charge in [0, 0.05) is 18.5 Å². The highest BCUT2D eigenvalue weighted by molar-refractivity contribution is 5.85. The largest absolute Gasteiger partial charge is 0.478 e. The molecule has 17 heavy (non-hydrogen) atoms. The standard InChI is InChI=1S/C13H12N2O2/c1-10-9-12(15-8-2-7-14-15)5-3-11(10)4-6-13(16)17/h2-9H,1H3,(H,16,17). The first-order valence-corrected chi connectivity index (χ1v) is 5.18. The lowest BCUT2D eigenvalue weighted by Gasteiger charge is -2.05. The Labute approximate surface area is 98.8 Å². The fourth-order valence-electron chi connectivity index (χ4n) is 1.57. The molecule has 0 aliphatic carbocycles. The molecule has 1 aromatic heterocycles. The number of benzene rings is 1.